The van der Waals surface area contributed by atoms with Crippen LogP contribution in [0.15, 0.2) is 51.7 Å². The van der Waals surface area contributed by atoms with E-state index in [9.17, 15) is 14.4 Å². The molecule has 9 heteroatoms. The number of carbonyl (C=O) groups is 2. The van der Waals surface area contributed by atoms with Crippen LogP contribution in [0.5, 0.6) is 5.75 Å². The first kappa shape index (κ1) is 25.7. The smallest absolute Gasteiger partial charge is 0.350 e. The molecular weight excluding hydrogens is 504 g/mol. The van der Waals surface area contributed by atoms with Gasteiger partial charge in [-0.1, -0.05) is 48.4 Å². The Morgan fingerprint density at radius 1 is 1.13 bits per heavy atom. The molecule has 8 nitrogen and oxygen atoms in total. The predicted octanol–water partition coefficient (Wildman–Crippen LogP) is 5.97. The number of esters is 1. The van der Waals surface area contributed by atoms with Crippen molar-refractivity contribution in [2.75, 3.05) is 18.1 Å². The Balaban J connectivity index is 1.70. The fourth-order valence-electron chi connectivity index (χ4n) is 4.58. The van der Waals surface area contributed by atoms with Crippen molar-refractivity contribution < 1.29 is 23.5 Å². The molecule has 0 fully saturated rings. The number of hydrogen-bond donors (Lipinski definition) is 0. The first-order valence-corrected chi connectivity index (χ1v) is 13.4. The normalized spacial score (nSPS) is 14.7. The minimum atomic E-state index is -0.811. The number of carbonyl (C=O) groups excluding carboxylic acids is 2. The van der Waals surface area contributed by atoms with E-state index in [4.69, 9.17) is 13.9 Å². The highest BCUT2D eigenvalue weighted by molar-refractivity contribution is 7.17. The van der Waals surface area contributed by atoms with Gasteiger partial charge in [-0.25, -0.2) is 9.78 Å². The molecular formula is C29H28N2O6S. The van der Waals surface area contributed by atoms with Crippen molar-refractivity contribution in [2.45, 2.75) is 46.6 Å². The number of rotatable bonds is 8. The van der Waals surface area contributed by atoms with Crippen molar-refractivity contribution in [2.24, 2.45) is 0 Å². The molecule has 1 aliphatic rings. The molecule has 0 N–H and O–H groups in total. The standard InChI is InChI=1S/C29H28N2O6S/c1-5-7-13-36-19-10-8-9-18(15-19)23-22-24(32)20-14-16(3)11-12-21(20)37-25(22)27(33)31(23)29-30-17(4)26(38-29)28(34)35-6-2/h8-12,14-15,23H,5-7,13H2,1-4H3. The molecule has 3 heterocycles. The molecule has 0 spiro atoms. The van der Waals surface area contributed by atoms with Crippen LogP contribution in [0.3, 0.4) is 0 Å². The Hall–Kier alpha value is -3.98. The SMILES string of the molecule is CCCCOc1cccc(C2c3c(oc4ccc(C)cc4c3=O)C(=O)N2c2nc(C)c(C(=O)OCC)s2)c1. The van der Waals surface area contributed by atoms with Crippen LogP contribution in [-0.2, 0) is 4.74 Å². The van der Waals surface area contributed by atoms with Gasteiger partial charge in [-0.2, -0.15) is 0 Å². The molecule has 0 saturated carbocycles. The maximum Gasteiger partial charge on any atom is 0.350 e. The monoisotopic (exact) mass is 532 g/mol. The number of ether oxygens (including phenoxy) is 2. The Labute approximate surface area is 223 Å². The molecule has 0 aliphatic carbocycles. The van der Waals surface area contributed by atoms with Gasteiger partial charge in [-0.3, -0.25) is 14.5 Å². The van der Waals surface area contributed by atoms with Gasteiger partial charge in [-0.05, 0) is 57.0 Å². The van der Waals surface area contributed by atoms with Gasteiger partial charge >= 0.3 is 5.97 Å². The summed E-state index contributed by atoms with van der Waals surface area (Å²) >= 11 is 1.06. The van der Waals surface area contributed by atoms with E-state index in [1.54, 1.807) is 26.0 Å². The third kappa shape index (κ3) is 4.47. The minimum absolute atomic E-state index is 0.0285. The number of nitrogens with zero attached hydrogens (tertiary/aromatic N) is 2. The van der Waals surface area contributed by atoms with E-state index in [2.05, 4.69) is 11.9 Å². The highest BCUT2D eigenvalue weighted by Crippen LogP contribution is 2.43. The lowest BCUT2D eigenvalue weighted by Crippen LogP contribution is -2.29. The van der Waals surface area contributed by atoms with Gasteiger partial charge < -0.3 is 13.9 Å². The number of fused-ring (bicyclic) bond motifs is 2. The topological polar surface area (TPSA) is 98.9 Å². The van der Waals surface area contributed by atoms with Gasteiger partial charge in [0.2, 0.25) is 5.76 Å². The van der Waals surface area contributed by atoms with Crippen LogP contribution in [0.1, 0.15) is 75.3 Å². The fraction of sp³-hybridized carbons (Fsp3) is 0.310. The summed E-state index contributed by atoms with van der Waals surface area (Å²) in [5.41, 5.74) is 2.33. The molecule has 0 saturated heterocycles. The molecule has 38 heavy (non-hydrogen) atoms. The highest BCUT2D eigenvalue weighted by atomic mass is 32.1. The first-order valence-electron chi connectivity index (χ1n) is 12.6. The zero-order valence-electron chi connectivity index (χ0n) is 21.7. The van der Waals surface area contributed by atoms with Crippen LogP contribution in [0.4, 0.5) is 5.13 Å². The number of anilines is 1. The van der Waals surface area contributed by atoms with Crippen LogP contribution in [0, 0.1) is 13.8 Å². The maximum absolute atomic E-state index is 13.9. The molecule has 5 rings (SSSR count). The van der Waals surface area contributed by atoms with Crippen molar-refractivity contribution in [3.8, 4) is 5.75 Å². The minimum Gasteiger partial charge on any atom is -0.494 e. The molecule has 4 aromatic rings. The lowest BCUT2D eigenvalue weighted by atomic mass is 9.98. The summed E-state index contributed by atoms with van der Waals surface area (Å²) in [5.74, 6) is -0.387. The molecule has 1 amide bonds. The van der Waals surface area contributed by atoms with Crippen LogP contribution in [0.2, 0.25) is 0 Å². The average molecular weight is 533 g/mol. The van der Waals surface area contributed by atoms with Crippen molar-refractivity contribution in [3.05, 3.63) is 85.7 Å². The number of hydrogen-bond acceptors (Lipinski definition) is 8. The zero-order chi connectivity index (χ0) is 27.0. The third-order valence-corrected chi connectivity index (χ3v) is 7.56. The van der Waals surface area contributed by atoms with Crippen molar-refractivity contribution >= 4 is 39.3 Å². The second-order valence-electron chi connectivity index (χ2n) is 9.16. The quantitative estimate of drug-likeness (QED) is 0.204. The molecule has 1 atom stereocenters. The molecule has 0 radical (unpaired) electrons. The molecule has 1 aliphatic heterocycles. The lowest BCUT2D eigenvalue weighted by Gasteiger charge is -2.23. The van der Waals surface area contributed by atoms with Gasteiger partial charge in [-0.15, -0.1) is 0 Å². The third-order valence-electron chi connectivity index (χ3n) is 6.42. The highest BCUT2D eigenvalue weighted by Gasteiger charge is 2.45. The average Bonchev–Trinajstić information content (AvgIpc) is 3.42. The van der Waals surface area contributed by atoms with E-state index in [0.717, 1.165) is 29.7 Å². The predicted molar refractivity (Wildman–Crippen MR) is 146 cm³/mol. The molecule has 2 aromatic heterocycles. The zero-order valence-corrected chi connectivity index (χ0v) is 22.5. The number of thiazole rings is 1. The fourth-order valence-corrected chi connectivity index (χ4v) is 5.57. The Morgan fingerprint density at radius 3 is 2.71 bits per heavy atom. The lowest BCUT2D eigenvalue weighted by molar-refractivity contribution is 0.0531. The van der Waals surface area contributed by atoms with E-state index in [-0.39, 0.29) is 28.5 Å². The summed E-state index contributed by atoms with van der Waals surface area (Å²) in [4.78, 5) is 46.6. The summed E-state index contributed by atoms with van der Waals surface area (Å²) in [5, 5.41) is 0.685. The second-order valence-corrected chi connectivity index (χ2v) is 10.1. The van der Waals surface area contributed by atoms with Crippen molar-refractivity contribution in [1.82, 2.24) is 4.98 Å². The van der Waals surface area contributed by atoms with E-state index >= 15 is 0 Å². The second kappa shape index (κ2) is 10.4. The number of benzene rings is 2. The Morgan fingerprint density at radius 2 is 1.95 bits per heavy atom. The van der Waals surface area contributed by atoms with Gasteiger partial charge in [0.25, 0.3) is 5.91 Å². The summed E-state index contributed by atoms with van der Waals surface area (Å²) in [6.45, 7) is 8.18. The van der Waals surface area contributed by atoms with Gasteiger partial charge in [0, 0.05) is 0 Å². The molecule has 1 unspecified atom stereocenters. The van der Waals surface area contributed by atoms with Crippen LogP contribution in [0.25, 0.3) is 11.0 Å². The summed E-state index contributed by atoms with van der Waals surface area (Å²) in [6.07, 6.45) is 1.91. The van der Waals surface area contributed by atoms with E-state index in [1.165, 1.54) is 4.90 Å². The maximum atomic E-state index is 13.9. The van der Waals surface area contributed by atoms with Crippen LogP contribution in [-0.4, -0.2) is 30.1 Å². The number of aromatic nitrogens is 1. The number of aryl methyl sites for hydroxylation is 2. The number of unbranched alkanes of at least 4 members (excludes halogenated alkanes) is 1. The Kier molecular flexibility index (Phi) is 7.03. The molecule has 0 bridgehead atoms. The van der Waals surface area contributed by atoms with Gasteiger partial charge in [0.05, 0.1) is 35.9 Å². The van der Waals surface area contributed by atoms with Crippen molar-refractivity contribution in [1.29, 1.82) is 0 Å². The summed E-state index contributed by atoms with van der Waals surface area (Å²) < 4.78 is 17.1. The summed E-state index contributed by atoms with van der Waals surface area (Å²) in [7, 11) is 0. The van der Waals surface area contributed by atoms with Crippen molar-refractivity contribution in [3.63, 3.8) is 0 Å². The largest absolute Gasteiger partial charge is 0.494 e. The summed E-state index contributed by atoms with van der Waals surface area (Å²) in [6, 6.07) is 11.9. The van der Waals surface area contributed by atoms with Crippen LogP contribution < -0.4 is 15.1 Å². The van der Waals surface area contributed by atoms with Gasteiger partial charge in [0.15, 0.2) is 10.6 Å². The van der Waals surface area contributed by atoms with E-state index < -0.39 is 17.9 Å². The Bertz CT molecular complexity index is 1600. The van der Waals surface area contributed by atoms with Gasteiger partial charge in [0.1, 0.15) is 16.2 Å². The van der Waals surface area contributed by atoms with E-state index in [1.807, 2.05) is 37.3 Å². The van der Waals surface area contributed by atoms with Crippen LogP contribution >= 0.6 is 11.3 Å². The number of amides is 1. The molecule has 2 aromatic carbocycles. The van der Waals surface area contributed by atoms with E-state index in [0.29, 0.717) is 39.5 Å². The first-order chi connectivity index (χ1) is 18.3. The molecule has 196 valence electrons.